The molecule has 1 heterocycles. The molecule has 116 valence electrons. The summed E-state index contributed by atoms with van der Waals surface area (Å²) >= 11 is 5.87. The second kappa shape index (κ2) is 6.98. The summed E-state index contributed by atoms with van der Waals surface area (Å²) in [5, 5.41) is 3.88. The van der Waals surface area contributed by atoms with E-state index in [1.807, 2.05) is 54.6 Å². The molecule has 0 bridgehead atoms. The lowest BCUT2D eigenvalue weighted by Gasteiger charge is -2.11. The lowest BCUT2D eigenvalue weighted by molar-refractivity contribution is 0.464. The number of aromatic nitrogens is 2. The van der Waals surface area contributed by atoms with E-state index in [-0.39, 0.29) is 0 Å². The molecular weight excluding hydrogens is 312 g/mol. The number of hydrogen-bond donors (Lipinski definition) is 2. The maximum Gasteiger partial charge on any atom is 0.248 e. The van der Waals surface area contributed by atoms with E-state index >= 15 is 0 Å². The van der Waals surface area contributed by atoms with E-state index in [4.69, 9.17) is 22.1 Å². The molecule has 0 spiro atoms. The lowest BCUT2D eigenvalue weighted by Crippen LogP contribution is -2.06. The molecule has 0 saturated carbocycles. The van der Waals surface area contributed by atoms with Crippen LogP contribution in [0.1, 0.15) is 5.56 Å². The molecule has 1 aromatic heterocycles. The maximum absolute atomic E-state index is 6.09. The summed E-state index contributed by atoms with van der Waals surface area (Å²) in [5.74, 6) is 1.52. The van der Waals surface area contributed by atoms with Crippen LogP contribution in [0.4, 0.5) is 11.5 Å². The van der Waals surface area contributed by atoms with Crippen molar-refractivity contribution in [3.63, 3.8) is 0 Å². The fourth-order valence-electron chi connectivity index (χ4n) is 1.99. The van der Waals surface area contributed by atoms with Gasteiger partial charge in [-0.15, -0.1) is 0 Å². The smallest absolute Gasteiger partial charge is 0.248 e. The summed E-state index contributed by atoms with van der Waals surface area (Å²) in [5.41, 5.74) is 7.52. The number of benzene rings is 2. The molecule has 0 aliphatic heterocycles. The molecule has 0 unspecified atom stereocenters. The van der Waals surface area contributed by atoms with E-state index in [1.54, 1.807) is 0 Å². The number of nitrogens with zero attached hydrogens (tertiary/aromatic N) is 2. The average Bonchev–Trinajstić information content (AvgIpc) is 2.58. The fraction of sp³-hybridized carbons (Fsp3) is 0.0588. The Bertz CT molecular complexity index is 778. The number of para-hydroxylation sites is 1. The molecule has 3 N–H and O–H groups in total. The standard InChI is InChI=1S/C17H15ClN4O/c18-13-8-6-12(7-9-13)10-20-16-15(19)17(22-11-21-16)23-14-4-2-1-3-5-14/h1-9,11H,10,19H2,(H,20,21,22). The minimum absolute atomic E-state index is 0.324. The van der Waals surface area contributed by atoms with Gasteiger partial charge in [0.25, 0.3) is 0 Å². The molecule has 6 heteroatoms. The van der Waals surface area contributed by atoms with Crippen LogP contribution in [0.5, 0.6) is 11.6 Å². The quantitative estimate of drug-likeness (QED) is 0.738. The van der Waals surface area contributed by atoms with Gasteiger partial charge in [-0.05, 0) is 29.8 Å². The molecule has 23 heavy (non-hydrogen) atoms. The van der Waals surface area contributed by atoms with Gasteiger partial charge in [0, 0.05) is 11.6 Å². The van der Waals surface area contributed by atoms with E-state index in [2.05, 4.69) is 15.3 Å². The van der Waals surface area contributed by atoms with Crippen molar-refractivity contribution < 1.29 is 4.74 Å². The average molecular weight is 327 g/mol. The van der Waals surface area contributed by atoms with Crippen molar-refractivity contribution in [3.05, 3.63) is 71.5 Å². The van der Waals surface area contributed by atoms with Crippen LogP contribution >= 0.6 is 11.6 Å². The van der Waals surface area contributed by atoms with Crippen molar-refractivity contribution in [2.75, 3.05) is 11.1 Å². The van der Waals surface area contributed by atoms with E-state index < -0.39 is 0 Å². The minimum atomic E-state index is 0.324. The van der Waals surface area contributed by atoms with E-state index in [9.17, 15) is 0 Å². The van der Waals surface area contributed by atoms with Crippen LogP contribution in [0.15, 0.2) is 60.9 Å². The zero-order chi connectivity index (χ0) is 16.1. The van der Waals surface area contributed by atoms with Gasteiger partial charge in [-0.1, -0.05) is 41.9 Å². The van der Waals surface area contributed by atoms with Crippen molar-refractivity contribution in [1.82, 2.24) is 9.97 Å². The lowest BCUT2D eigenvalue weighted by atomic mass is 10.2. The predicted molar refractivity (Wildman–Crippen MR) is 91.7 cm³/mol. The number of rotatable bonds is 5. The summed E-state index contributed by atoms with van der Waals surface area (Å²) in [7, 11) is 0. The van der Waals surface area contributed by atoms with Crippen LogP contribution in [0.25, 0.3) is 0 Å². The Morgan fingerprint density at radius 3 is 2.48 bits per heavy atom. The molecule has 0 fully saturated rings. The Hall–Kier alpha value is -2.79. The van der Waals surface area contributed by atoms with Crippen molar-refractivity contribution in [3.8, 4) is 11.6 Å². The molecule has 2 aromatic carbocycles. The first kappa shape index (κ1) is 15.1. The van der Waals surface area contributed by atoms with Crippen molar-refractivity contribution in [2.24, 2.45) is 0 Å². The normalized spacial score (nSPS) is 10.3. The van der Waals surface area contributed by atoms with Gasteiger partial charge in [0.2, 0.25) is 5.88 Å². The molecule has 0 aliphatic rings. The maximum atomic E-state index is 6.09. The molecule has 0 atom stereocenters. The van der Waals surface area contributed by atoms with Gasteiger partial charge < -0.3 is 15.8 Å². The summed E-state index contributed by atoms with van der Waals surface area (Å²) in [4.78, 5) is 8.24. The van der Waals surface area contributed by atoms with Crippen LogP contribution in [-0.2, 0) is 6.54 Å². The fourth-order valence-corrected chi connectivity index (χ4v) is 2.12. The number of anilines is 2. The topological polar surface area (TPSA) is 73.1 Å². The minimum Gasteiger partial charge on any atom is -0.437 e. The molecule has 3 aromatic rings. The highest BCUT2D eigenvalue weighted by atomic mass is 35.5. The van der Waals surface area contributed by atoms with Crippen molar-refractivity contribution in [1.29, 1.82) is 0 Å². The van der Waals surface area contributed by atoms with Gasteiger partial charge in [-0.25, -0.2) is 4.98 Å². The Morgan fingerprint density at radius 1 is 1.00 bits per heavy atom. The van der Waals surface area contributed by atoms with Crippen LogP contribution < -0.4 is 15.8 Å². The number of nitrogens with one attached hydrogen (secondary N) is 1. The highest BCUT2D eigenvalue weighted by Crippen LogP contribution is 2.29. The Balaban J connectivity index is 1.73. The zero-order valence-electron chi connectivity index (χ0n) is 12.2. The molecule has 0 amide bonds. The molecule has 0 aliphatic carbocycles. The molecule has 0 saturated heterocycles. The first-order valence-electron chi connectivity index (χ1n) is 7.04. The number of nitrogen functional groups attached to an aromatic ring is 1. The number of ether oxygens (including phenoxy) is 1. The van der Waals surface area contributed by atoms with Crippen LogP contribution in [0.2, 0.25) is 5.02 Å². The third kappa shape index (κ3) is 3.90. The molecular formula is C17H15ClN4O. The monoisotopic (exact) mass is 326 g/mol. The van der Waals surface area contributed by atoms with Crippen LogP contribution in [0, 0.1) is 0 Å². The Morgan fingerprint density at radius 2 is 1.74 bits per heavy atom. The first-order valence-corrected chi connectivity index (χ1v) is 7.42. The van der Waals surface area contributed by atoms with Gasteiger partial charge in [-0.2, -0.15) is 4.98 Å². The highest BCUT2D eigenvalue weighted by molar-refractivity contribution is 6.30. The molecule has 5 nitrogen and oxygen atoms in total. The van der Waals surface area contributed by atoms with Gasteiger partial charge in [-0.3, -0.25) is 0 Å². The van der Waals surface area contributed by atoms with Gasteiger partial charge >= 0.3 is 0 Å². The third-order valence-electron chi connectivity index (χ3n) is 3.18. The Labute approximate surface area is 139 Å². The highest BCUT2D eigenvalue weighted by Gasteiger charge is 2.10. The largest absolute Gasteiger partial charge is 0.437 e. The summed E-state index contributed by atoms with van der Waals surface area (Å²) in [6.07, 6.45) is 1.42. The van der Waals surface area contributed by atoms with Gasteiger partial charge in [0.1, 0.15) is 17.8 Å². The second-order valence-corrected chi connectivity index (χ2v) is 5.27. The summed E-state index contributed by atoms with van der Waals surface area (Å²) < 4.78 is 5.68. The number of nitrogens with two attached hydrogens (primary N) is 1. The zero-order valence-corrected chi connectivity index (χ0v) is 13.0. The second-order valence-electron chi connectivity index (χ2n) is 4.84. The van der Waals surface area contributed by atoms with Crippen molar-refractivity contribution in [2.45, 2.75) is 6.54 Å². The predicted octanol–water partition coefficient (Wildman–Crippen LogP) is 4.12. The van der Waals surface area contributed by atoms with Crippen molar-refractivity contribution >= 4 is 23.1 Å². The van der Waals surface area contributed by atoms with E-state index in [0.717, 1.165) is 5.56 Å². The summed E-state index contributed by atoms with van der Waals surface area (Å²) in [6, 6.07) is 16.9. The molecule has 0 radical (unpaired) electrons. The SMILES string of the molecule is Nc1c(NCc2ccc(Cl)cc2)ncnc1Oc1ccccc1. The van der Waals surface area contributed by atoms with Gasteiger partial charge in [0.05, 0.1) is 0 Å². The van der Waals surface area contributed by atoms with E-state index in [0.29, 0.717) is 34.7 Å². The summed E-state index contributed by atoms with van der Waals surface area (Å²) in [6.45, 7) is 0.573. The first-order chi connectivity index (χ1) is 11.2. The van der Waals surface area contributed by atoms with Crippen LogP contribution in [0.3, 0.4) is 0 Å². The number of hydrogen-bond acceptors (Lipinski definition) is 5. The molecule has 3 rings (SSSR count). The van der Waals surface area contributed by atoms with E-state index in [1.165, 1.54) is 6.33 Å². The Kier molecular flexibility index (Phi) is 4.59. The number of halogens is 1. The third-order valence-corrected chi connectivity index (χ3v) is 3.43. The van der Waals surface area contributed by atoms with Gasteiger partial charge in [0.15, 0.2) is 5.82 Å². The van der Waals surface area contributed by atoms with Crippen LogP contribution in [-0.4, -0.2) is 9.97 Å².